The van der Waals surface area contributed by atoms with E-state index in [2.05, 4.69) is 5.32 Å². The Bertz CT molecular complexity index is 90.4. The fraction of sp³-hybridized carbons (Fsp3) is 0.400. The monoisotopic (exact) mass is 123 g/mol. The third kappa shape index (κ3) is 9.51. The third-order valence-corrected chi connectivity index (χ3v) is 0.453. The van der Waals surface area contributed by atoms with Crippen LogP contribution in [0.1, 0.15) is 13.8 Å². The molecule has 0 aromatic carbocycles. The molecule has 3 heteroatoms. The van der Waals surface area contributed by atoms with Crippen molar-refractivity contribution in [2.45, 2.75) is 13.8 Å². The second kappa shape index (κ2) is 7.21. The summed E-state index contributed by atoms with van der Waals surface area (Å²) in [4.78, 5) is 10.0. The Hall–Kier alpha value is 0.210. The first-order valence-electron chi connectivity index (χ1n) is 2.15. The fourth-order valence-electron chi connectivity index (χ4n) is 0.201. The second-order valence-electron chi connectivity index (χ2n) is 1.20. The van der Waals surface area contributed by atoms with Crippen molar-refractivity contribution in [1.29, 1.82) is 0 Å². The van der Waals surface area contributed by atoms with E-state index in [-0.39, 0.29) is 35.5 Å². The van der Waals surface area contributed by atoms with Gasteiger partial charge in [0.15, 0.2) is 0 Å². The normalized spacial score (nSPS) is 8.25. The van der Waals surface area contributed by atoms with Crippen LogP contribution in [0.15, 0.2) is 12.3 Å². The van der Waals surface area contributed by atoms with Gasteiger partial charge in [-0.25, -0.2) is 0 Å². The second-order valence-corrected chi connectivity index (χ2v) is 1.20. The summed E-state index contributed by atoms with van der Waals surface area (Å²) in [5, 5.41) is 2.48. The van der Waals surface area contributed by atoms with Gasteiger partial charge in [-0.05, 0) is 13.1 Å². The Morgan fingerprint density at radius 1 is 1.62 bits per heavy atom. The molecule has 0 bridgehead atoms. The minimum absolute atomic E-state index is 0. The summed E-state index contributed by atoms with van der Waals surface area (Å²) in [7, 11) is 0. The van der Waals surface area contributed by atoms with E-state index in [9.17, 15) is 4.79 Å². The average Bonchev–Trinajstić information content (AvgIpc) is 1.61. The first-order valence-corrected chi connectivity index (χ1v) is 2.15. The molecule has 0 aliphatic carbocycles. The molecule has 0 saturated heterocycles. The summed E-state index contributed by atoms with van der Waals surface area (Å²) >= 11 is 0. The molecule has 0 fully saturated rings. The van der Waals surface area contributed by atoms with Crippen molar-refractivity contribution in [3.8, 4) is 0 Å². The van der Waals surface area contributed by atoms with E-state index in [1.807, 2.05) is 6.92 Å². The molecule has 0 heterocycles. The molecule has 0 spiro atoms. The van der Waals surface area contributed by atoms with Crippen molar-refractivity contribution in [2.75, 3.05) is 0 Å². The first kappa shape index (κ1) is 11.1. The van der Waals surface area contributed by atoms with Crippen molar-refractivity contribution >= 4 is 35.5 Å². The third-order valence-electron chi connectivity index (χ3n) is 0.453. The molecule has 0 aliphatic rings. The Balaban J connectivity index is 0. The molecule has 1 amide bonds. The van der Waals surface area contributed by atoms with Crippen molar-refractivity contribution in [1.82, 2.24) is 5.32 Å². The number of carbonyl (C=O) groups excluding carboxylic acids is 1. The van der Waals surface area contributed by atoms with Gasteiger partial charge in [0.2, 0.25) is 5.91 Å². The molecule has 0 rings (SSSR count). The van der Waals surface area contributed by atoms with Crippen molar-refractivity contribution in [3.05, 3.63) is 12.3 Å². The van der Waals surface area contributed by atoms with E-state index in [0.29, 0.717) is 0 Å². The topological polar surface area (TPSA) is 29.1 Å². The van der Waals surface area contributed by atoms with Crippen LogP contribution >= 0.6 is 0 Å². The summed E-state index contributed by atoms with van der Waals surface area (Å²) in [5.41, 5.74) is 0. The van der Waals surface area contributed by atoms with Gasteiger partial charge in [0.25, 0.3) is 0 Å². The van der Waals surface area contributed by atoms with Crippen molar-refractivity contribution in [3.63, 3.8) is 0 Å². The van der Waals surface area contributed by atoms with Crippen LogP contribution in [-0.2, 0) is 4.79 Å². The molecular weight excluding hydrogens is 113 g/mol. The standard InChI is InChI=1S/C5H9NO.Na.H/c1-3-4-6-5(2)7;;/h3-4H,1-2H3,(H,6,7);;. The molecule has 0 atom stereocenters. The van der Waals surface area contributed by atoms with Gasteiger partial charge in [-0.1, -0.05) is 6.08 Å². The van der Waals surface area contributed by atoms with Crippen molar-refractivity contribution in [2.24, 2.45) is 0 Å². The molecular formula is C5H10NNaO. The Kier molecular flexibility index (Phi) is 9.97. The fourth-order valence-corrected chi connectivity index (χ4v) is 0.201. The van der Waals surface area contributed by atoms with Crippen LogP contribution in [0.4, 0.5) is 0 Å². The zero-order chi connectivity index (χ0) is 5.70. The van der Waals surface area contributed by atoms with Crippen LogP contribution in [0, 0.1) is 0 Å². The molecule has 42 valence electrons. The molecule has 0 saturated carbocycles. The molecule has 0 unspecified atom stereocenters. The van der Waals surface area contributed by atoms with Gasteiger partial charge < -0.3 is 5.32 Å². The molecule has 0 aromatic rings. The number of nitrogens with one attached hydrogen (secondary N) is 1. The Morgan fingerprint density at radius 3 is 2.25 bits per heavy atom. The minimum atomic E-state index is -0.0295. The summed E-state index contributed by atoms with van der Waals surface area (Å²) < 4.78 is 0. The van der Waals surface area contributed by atoms with Gasteiger partial charge in [-0.15, -0.1) is 0 Å². The van der Waals surface area contributed by atoms with Crippen LogP contribution < -0.4 is 5.32 Å². The number of rotatable bonds is 1. The van der Waals surface area contributed by atoms with E-state index >= 15 is 0 Å². The molecule has 2 nitrogen and oxygen atoms in total. The quantitative estimate of drug-likeness (QED) is 0.489. The van der Waals surface area contributed by atoms with Crippen LogP contribution in [0.25, 0.3) is 0 Å². The average molecular weight is 123 g/mol. The maximum absolute atomic E-state index is 10.0. The summed E-state index contributed by atoms with van der Waals surface area (Å²) in [6, 6.07) is 0. The first-order chi connectivity index (χ1) is 3.27. The van der Waals surface area contributed by atoms with Gasteiger partial charge in [0.1, 0.15) is 0 Å². The van der Waals surface area contributed by atoms with E-state index in [1.54, 1.807) is 12.3 Å². The number of allylic oxidation sites excluding steroid dienone is 1. The number of carbonyl (C=O) groups is 1. The molecule has 8 heavy (non-hydrogen) atoms. The maximum atomic E-state index is 10.0. The zero-order valence-corrected chi connectivity index (χ0v) is 4.56. The summed E-state index contributed by atoms with van der Waals surface area (Å²) in [6.45, 7) is 3.32. The van der Waals surface area contributed by atoms with E-state index < -0.39 is 0 Å². The van der Waals surface area contributed by atoms with Crippen LogP contribution in [0.3, 0.4) is 0 Å². The van der Waals surface area contributed by atoms with Gasteiger partial charge in [0, 0.05) is 6.92 Å². The Morgan fingerprint density at radius 2 is 2.12 bits per heavy atom. The number of hydrogen-bond acceptors (Lipinski definition) is 1. The van der Waals surface area contributed by atoms with Gasteiger partial charge >= 0.3 is 29.6 Å². The number of hydrogen-bond donors (Lipinski definition) is 1. The molecule has 0 aliphatic heterocycles. The molecule has 0 radical (unpaired) electrons. The van der Waals surface area contributed by atoms with Crippen LogP contribution in [-0.4, -0.2) is 35.5 Å². The Labute approximate surface area is 71.6 Å². The van der Waals surface area contributed by atoms with E-state index in [1.165, 1.54) is 6.92 Å². The van der Waals surface area contributed by atoms with Gasteiger partial charge in [0.05, 0.1) is 0 Å². The van der Waals surface area contributed by atoms with E-state index in [0.717, 1.165) is 0 Å². The van der Waals surface area contributed by atoms with Crippen LogP contribution in [0.5, 0.6) is 0 Å². The molecule has 1 N–H and O–H groups in total. The number of amides is 1. The SMILES string of the molecule is CC=CNC(C)=O.[NaH]. The van der Waals surface area contributed by atoms with Crippen LogP contribution in [0.2, 0.25) is 0 Å². The van der Waals surface area contributed by atoms with Gasteiger partial charge in [-0.3, -0.25) is 4.79 Å². The van der Waals surface area contributed by atoms with Gasteiger partial charge in [-0.2, -0.15) is 0 Å². The van der Waals surface area contributed by atoms with Crippen molar-refractivity contribution < 1.29 is 4.79 Å². The summed E-state index contributed by atoms with van der Waals surface area (Å²) in [6.07, 6.45) is 3.36. The zero-order valence-electron chi connectivity index (χ0n) is 4.56. The summed E-state index contributed by atoms with van der Waals surface area (Å²) in [5.74, 6) is -0.0295. The molecule has 0 aromatic heterocycles. The predicted molar refractivity (Wildman–Crippen MR) is 35.8 cm³/mol. The van der Waals surface area contributed by atoms with E-state index in [4.69, 9.17) is 0 Å². The predicted octanol–water partition coefficient (Wildman–Crippen LogP) is 0.00760.